The third kappa shape index (κ3) is 5.22. The average molecular weight is 458 g/mol. The molecule has 0 saturated carbocycles. The van der Waals surface area contributed by atoms with Crippen LogP contribution in [0.2, 0.25) is 0 Å². The maximum Gasteiger partial charge on any atom is 0.229 e. The van der Waals surface area contributed by atoms with Crippen molar-refractivity contribution in [3.63, 3.8) is 0 Å². The molecule has 2 saturated heterocycles. The molecule has 180 valence electrons. The summed E-state index contributed by atoms with van der Waals surface area (Å²) in [5, 5.41) is 70.6. The van der Waals surface area contributed by atoms with Crippen LogP contribution in [-0.2, 0) is 20.6 Å². The fraction of sp³-hybridized carbons (Fsp3) is 0.619. The lowest BCUT2D eigenvalue weighted by Gasteiger charge is -2.42. The van der Waals surface area contributed by atoms with E-state index in [4.69, 9.17) is 18.9 Å². The van der Waals surface area contributed by atoms with Crippen molar-refractivity contribution in [1.82, 2.24) is 0 Å². The maximum atomic E-state index is 10.3. The minimum absolute atomic E-state index is 0.0120. The van der Waals surface area contributed by atoms with E-state index in [2.05, 4.69) is 6.58 Å². The van der Waals surface area contributed by atoms with Gasteiger partial charge in [-0.2, -0.15) is 0 Å². The predicted octanol–water partition coefficient (Wildman–Crippen LogP) is -1.85. The lowest BCUT2D eigenvalue weighted by molar-refractivity contribution is -0.318. The SMILES string of the molecule is C=CCc1ccc(OC2OC(COC3OC(C)C(O)C(O)C3O)C(O)C(O)C2O)c(O)c1. The van der Waals surface area contributed by atoms with Gasteiger partial charge in [-0.3, -0.25) is 0 Å². The monoisotopic (exact) mass is 458 g/mol. The standard InChI is InChI=1S/C21H30O11/c1-3-4-10-5-6-12(11(22)7-10)31-21-19(28)17(26)15(24)13(32-21)8-29-20-18(27)16(25)14(23)9(2)30-20/h3,5-7,9,13-28H,1,4,8H2,2H3. The van der Waals surface area contributed by atoms with Crippen molar-refractivity contribution in [2.45, 2.75) is 74.8 Å². The van der Waals surface area contributed by atoms with E-state index in [1.807, 2.05) is 0 Å². The van der Waals surface area contributed by atoms with Crippen molar-refractivity contribution in [2.24, 2.45) is 0 Å². The number of allylic oxidation sites excluding steroid dienone is 1. The average Bonchev–Trinajstić information content (AvgIpc) is 2.76. The van der Waals surface area contributed by atoms with Crippen molar-refractivity contribution < 1.29 is 54.7 Å². The molecule has 0 bridgehead atoms. The second kappa shape index (κ2) is 10.4. The van der Waals surface area contributed by atoms with E-state index in [0.29, 0.717) is 6.42 Å². The molecule has 2 aliphatic heterocycles. The number of aliphatic hydroxyl groups is 6. The van der Waals surface area contributed by atoms with Crippen molar-refractivity contribution in [3.05, 3.63) is 36.4 Å². The molecule has 10 unspecified atom stereocenters. The van der Waals surface area contributed by atoms with Crippen molar-refractivity contribution in [1.29, 1.82) is 0 Å². The van der Waals surface area contributed by atoms with E-state index in [1.54, 1.807) is 12.1 Å². The molecule has 7 N–H and O–H groups in total. The van der Waals surface area contributed by atoms with Crippen LogP contribution in [0.5, 0.6) is 11.5 Å². The highest BCUT2D eigenvalue weighted by Gasteiger charge is 2.47. The molecule has 11 nitrogen and oxygen atoms in total. The first kappa shape index (κ1) is 24.8. The van der Waals surface area contributed by atoms with Crippen LogP contribution in [0.15, 0.2) is 30.9 Å². The molecule has 2 fully saturated rings. The summed E-state index contributed by atoms with van der Waals surface area (Å²) in [4.78, 5) is 0. The van der Waals surface area contributed by atoms with Gasteiger partial charge in [-0.1, -0.05) is 12.1 Å². The van der Waals surface area contributed by atoms with E-state index in [1.165, 1.54) is 19.1 Å². The van der Waals surface area contributed by atoms with Gasteiger partial charge in [0.05, 0.1) is 12.7 Å². The number of aromatic hydroxyl groups is 1. The predicted molar refractivity (Wildman–Crippen MR) is 108 cm³/mol. The van der Waals surface area contributed by atoms with Gasteiger partial charge in [0.2, 0.25) is 6.29 Å². The Morgan fingerprint density at radius 1 is 0.906 bits per heavy atom. The Kier molecular flexibility index (Phi) is 8.09. The summed E-state index contributed by atoms with van der Waals surface area (Å²) in [6.45, 7) is 4.70. The number of ether oxygens (including phenoxy) is 4. The van der Waals surface area contributed by atoms with E-state index in [-0.39, 0.29) is 11.5 Å². The Morgan fingerprint density at radius 2 is 1.56 bits per heavy atom. The first-order valence-electron chi connectivity index (χ1n) is 10.2. The van der Waals surface area contributed by atoms with Gasteiger partial charge in [-0.25, -0.2) is 0 Å². The summed E-state index contributed by atoms with van der Waals surface area (Å²) in [5.74, 6) is -0.226. The number of hydrogen-bond donors (Lipinski definition) is 7. The molecule has 2 heterocycles. The van der Waals surface area contributed by atoms with Crippen LogP contribution in [0.1, 0.15) is 12.5 Å². The fourth-order valence-corrected chi connectivity index (χ4v) is 3.57. The molecule has 0 aliphatic carbocycles. The van der Waals surface area contributed by atoms with Gasteiger partial charge in [0.1, 0.15) is 42.7 Å². The highest BCUT2D eigenvalue weighted by molar-refractivity contribution is 5.42. The highest BCUT2D eigenvalue weighted by atomic mass is 16.7. The summed E-state index contributed by atoms with van der Waals surface area (Å²) in [5.41, 5.74) is 0.782. The Morgan fingerprint density at radius 3 is 2.22 bits per heavy atom. The topological polar surface area (TPSA) is 179 Å². The molecular weight excluding hydrogens is 428 g/mol. The summed E-state index contributed by atoms with van der Waals surface area (Å²) in [7, 11) is 0. The van der Waals surface area contributed by atoms with Crippen LogP contribution in [-0.4, -0.2) is 104 Å². The zero-order valence-electron chi connectivity index (χ0n) is 17.5. The molecule has 11 heteroatoms. The number of phenols is 1. The summed E-state index contributed by atoms with van der Waals surface area (Å²) >= 11 is 0. The minimum Gasteiger partial charge on any atom is -0.504 e. The van der Waals surface area contributed by atoms with Gasteiger partial charge in [-0.15, -0.1) is 6.58 Å². The molecule has 0 spiro atoms. The molecule has 3 rings (SSSR count). The van der Waals surface area contributed by atoms with Crippen LogP contribution in [0.25, 0.3) is 0 Å². The van der Waals surface area contributed by atoms with Crippen molar-refractivity contribution in [2.75, 3.05) is 6.61 Å². The third-order valence-corrected chi connectivity index (χ3v) is 5.55. The van der Waals surface area contributed by atoms with Crippen LogP contribution in [0.3, 0.4) is 0 Å². The first-order valence-corrected chi connectivity index (χ1v) is 10.2. The molecule has 0 amide bonds. The lowest BCUT2D eigenvalue weighted by atomic mass is 9.98. The molecular formula is C21H30O11. The smallest absolute Gasteiger partial charge is 0.229 e. The second-order valence-corrected chi connectivity index (χ2v) is 7.94. The number of phenolic OH excluding ortho intramolecular Hbond substituents is 1. The number of aliphatic hydroxyl groups excluding tert-OH is 6. The van der Waals surface area contributed by atoms with E-state index in [9.17, 15) is 35.7 Å². The van der Waals surface area contributed by atoms with Gasteiger partial charge in [0.25, 0.3) is 0 Å². The number of rotatable bonds is 7. The summed E-state index contributed by atoms with van der Waals surface area (Å²) < 4.78 is 21.8. The lowest BCUT2D eigenvalue weighted by Crippen LogP contribution is -2.61. The molecule has 0 aromatic heterocycles. The number of benzene rings is 1. The van der Waals surface area contributed by atoms with Crippen molar-refractivity contribution in [3.8, 4) is 11.5 Å². The van der Waals surface area contributed by atoms with Gasteiger partial charge >= 0.3 is 0 Å². The molecule has 1 aromatic rings. The highest BCUT2D eigenvalue weighted by Crippen LogP contribution is 2.32. The second-order valence-electron chi connectivity index (χ2n) is 7.94. The normalized spacial score (nSPS) is 40.1. The Labute approximate surface area is 184 Å². The largest absolute Gasteiger partial charge is 0.504 e. The molecule has 0 radical (unpaired) electrons. The van der Waals surface area contributed by atoms with Gasteiger partial charge in [-0.05, 0) is 31.0 Å². The Hall–Kier alpha value is -1.80. The van der Waals surface area contributed by atoms with E-state index >= 15 is 0 Å². The van der Waals surface area contributed by atoms with Crippen LogP contribution >= 0.6 is 0 Å². The first-order chi connectivity index (χ1) is 15.1. The Balaban J connectivity index is 1.66. The minimum atomic E-state index is -1.66. The molecule has 1 aromatic carbocycles. The zero-order chi connectivity index (χ0) is 23.6. The fourth-order valence-electron chi connectivity index (χ4n) is 3.57. The number of hydrogen-bond acceptors (Lipinski definition) is 11. The summed E-state index contributed by atoms with van der Waals surface area (Å²) in [6, 6.07) is 4.61. The summed E-state index contributed by atoms with van der Waals surface area (Å²) in [6.07, 6.45) is -11.9. The zero-order valence-corrected chi connectivity index (χ0v) is 17.5. The van der Waals surface area contributed by atoms with Crippen molar-refractivity contribution >= 4 is 0 Å². The van der Waals surface area contributed by atoms with Gasteiger partial charge in [0, 0.05) is 0 Å². The quantitative estimate of drug-likeness (QED) is 0.228. The maximum absolute atomic E-state index is 10.3. The van der Waals surface area contributed by atoms with Crippen LogP contribution in [0, 0.1) is 0 Å². The Bertz CT molecular complexity index is 774. The van der Waals surface area contributed by atoms with Gasteiger partial charge in [0.15, 0.2) is 17.8 Å². The van der Waals surface area contributed by atoms with E-state index in [0.717, 1.165) is 5.56 Å². The van der Waals surface area contributed by atoms with E-state index < -0.39 is 68.0 Å². The molecule has 10 atom stereocenters. The van der Waals surface area contributed by atoms with Crippen LogP contribution in [0.4, 0.5) is 0 Å². The van der Waals surface area contributed by atoms with Gasteiger partial charge < -0.3 is 54.7 Å². The van der Waals surface area contributed by atoms with Crippen LogP contribution < -0.4 is 4.74 Å². The molecule has 32 heavy (non-hydrogen) atoms. The third-order valence-electron chi connectivity index (χ3n) is 5.55. The molecule has 2 aliphatic rings.